The zero-order valence-corrected chi connectivity index (χ0v) is 12.4. The number of nitrogens with one attached hydrogen (secondary N) is 1. The van der Waals surface area contributed by atoms with Crippen LogP contribution in [0.5, 0.6) is 0 Å². The van der Waals surface area contributed by atoms with Crippen LogP contribution in [0.25, 0.3) is 0 Å². The Morgan fingerprint density at radius 1 is 1.19 bits per heavy atom. The largest absolute Gasteiger partial charge is 0.401 e. The molecule has 1 aromatic carbocycles. The maximum absolute atomic E-state index is 12.7. The third kappa shape index (κ3) is 5.67. The summed E-state index contributed by atoms with van der Waals surface area (Å²) in [5.74, 6) is 0. The van der Waals surface area contributed by atoms with Gasteiger partial charge in [0.25, 0.3) is 0 Å². The van der Waals surface area contributed by atoms with Crippen LogP contribution in [0, 0.1) is 0 Å². The average Bonchev–Trinajstić information content (AvgIpc) is 3.23. The zero-order chi connectivity index (χ0) is 15.3. The minimum Gasteiger partial charge on any atom is -0.317 e. The van der Waals surface area contributed by atoms with Crippen LogP contribution in [0.4, 0.5) is 13.2 Å². The summed E-state index contributed by atoms with van der Waals surface area (Å²) in [6, 6.07) is 7.94. The van der Waals surface area contributed by atoms with E-state index in [0.717, 1.165) is 43.5 Å². The fourth-order valence-electron chi connectivity index (χ4n) is 2.56. The van der Waals surface area contributed by atoms with Gasteiger partial charge in [0.2, 0.25) is 0 Å². The molecule has 2 rings (SSSR count). The molecule has 21 heavy (non-hydrogen) atoms. The summed E-state index contributed by atoms with van der Waals surface area (Å²) < 4.78 is 38.1. The lowest BCUT2D eigenvalue weighted by Gasteiger charge is -2.24. The van der Waals surface area contributed by atoms with Gasteiger partial charge in [-0.15, -0.1) is 0 Å². The van der Waals surface area contributed by atoms with Crippen molar-refractivity contribution in [1.82, 2.24) is 10.2 Å². The van der Waals surface area contributed by atoms with Crippen LogP contribution in [-0.2, 0) is 13.0 Å². The van der Waals surface area contributed by atoms with Crippen LogP contribution in [0.3, 0.4) is 0 Å². The molecule has 0 unspecified atom stereocenters. The number of benzene rings is 1. The van der Waals surface area contributed by atoms with E-state index in [4.69, 9.17) is 0 Å². The van der Waals surface area contributed by atoms with Crippen LogP contribution < -0.4 is 5.32 Å². The van der Waals surface area contributed by atoms with Crippen LogP contribution in [0.1, 0.15) is 30.9 Å². The Morgan fingerprint density at radius 3 is 2.43 bits per heavy atom. The first-order valence-electron chi connectivity index (χ1n) is 7.58. The van der Waals surface area contributed by atoms with Crippen molar-refractivity contribution in [3.8, 4) is 0 Å². The van der Waals surface area contributed by atoms with E-state index in [-0.39, 0.29) is 6.04 Å². The standard InChI is InChI=1S/C16H23F3N2/c1-2-20-10-9-13-5-3-4-6-14(13)11-21(15-7-8-15)12-16(17,18)19/h3-6,15,20H,2,7-12H2,1H3. The van der Waals surface area contributed by atoms with Gasteiger partial charge in [-0.25, -0.2) is 0 Å². The van der Waals surface area contributed by atoms with Gasteiger partial charge in [0.15, 0.2) is 0 Å². The van der Waals surface area contributed by atoms with E-state index >= 15 is 0 Å². The molecule has 1 aliphatic rings. The first kappa shape index (κ1) is 16.3. The Hall–Kier alpha value is -1.07. The summed E-state index contributed by atoms with van der Waals surface area (Å²) in [6.07, 6.45) is -1.50. The fourth-order valence-corrected chi connectivity index (χ4v) is 2.56. The molecule has 5 heteroatoms. The van der Waals surface area contributed by atoms with Crippen LogP contribution in [0.2, 0.25) is 0 Å². The van der Waals surface area contributed by atoms with Crippen molar-refractivity contribution >= 4 is 0 Å². The monoisotopic (exact) mass is 300 g/mol. The smallest absolute Gasteiger partial charge is 0.317 e. The SMILES string of the molecule is CCNCCc1ccccc1CN(CC(F)(F)F)C1CC1. The van der Waals surface area contributed by atoms with Gasteiger partial charge < -0.3 is 5.32 Å². The first-order chi connectivity index (χ1) is 9.99. The summed E-state index contributed by atoms with van der Waals surface area (Å²) in [6.45, 7) is 3.40. The fraction of sp³-hybridized carbons (Fsp3) is 0.625. The van der Waals surface area contributed by atoms with Gasteiger partial charge >= 0.3 is 6.18 Å². The molecule has 1 aliphatic carbocycles. The second-order valence-corrected chi connectivity index (χ2v) is 5.62. The highest BCUT2D eigenvalue weighted by molar-refractivity contribution is 5.27. The van der Waals surface area contributed by atoms with Crippen LogP contribution in [-0.4, -0.2) is 36.8 Å². The Labute approximate surface area is 124 Å². The minimum absolute atomic E-state index is 0.105. The lowest BCUT2D eigenvalue weighted by molar-refractivity contribution is -0.148. The summed E-state index contributed by atoms with van der Waals surface area (Å²) in [5.41, 5.74) is 2.16. The Kier molecular flexibility index (Phi) is 5.65. The van der Waals surface area contributed by atoms with E-state index < -0.39 is 12.7 Å². The van der Waals surface area contributed by atoms with Gasteiger partial charge in [0, 0.05) is 12.6 Å². The highest BCUT2D eigenvalue weighted by Gasteiger charge is 2.38. The normalized spacial score (nSPS) is 15.7. The van der Waals surface area contributed by atoms with E-state index in [1.165, 1.54) is 0 Å². The number of rotatable bonds is 8. The minimum atomic E-state index is -4.12. The number of likely N-dealkylation sites (N-methyl/N-ethyl adjacent to an activating group) is 1. The van der Waals surface area contributed by atoms with Crippen molar-refractivity contribution in [1.29, 1.82) is 0 Å². The number of halogens is 3. The van der Waals surface area contributed by atoms with Gasteiger partial charge in [-0.2, -0.15) is 13.2 Å². The van der Waals surface area contributed by atoms with Crippen LogP contribution >= 0.6 is 0 Å². The van der Waals surface area contributed by atoms with Gasteiger partial charge in [0.1, 0.15) is 0 Å². The molecule has 1 saturated carbocycles. The second kappa shape index (κ2) is 7.27. The maximum Gasteiger partial charge on any atom is 0.401 e. The topological polar surface area (TPSA) is 15.3 Å². The molecule has 1 N–H and O–H groups in total. The highest BCUT2D eigenvalue weighted by Crippen LogP contribution is 2.31. The molecule has 118 valence electrons. The number of hydrogen-bond donors (Lipinski definition) is 1. The molecule has 0 radical (unpaired) electrons. The summed E-state index contributed by atoms with van der Waals surface area (Å²) in [4.78, 5) is 1.58. The Morgan fingerprint density at radius 2 is 1.86 bits per heavy atom. The lowest BCUT2D eigenvalue weighted by atomic mass is 10.0. The predicted molar refractivity (Wildman–Crippen MR) is 78.2 cm³/mol. The number of hydrogen-bond acceptors (Lipinski definition) is 2. The molecule has 0 aromatic heterocycles. The molecular weight excluding hydrogens is 277 g/mol. The van der Waals surface area contributed by atoms with E-state index in [1.54, 1.807) is 4.90 Å². The van der Waals surface area contributed by atoms with Crippen LogP contribution in [0.15, 0.2) is 24.3 Å². The molecule has 0 atom stereocenters. The third-order valence-corrected chi connectivity index (χ3v) is 3.76. The maximum atomic E-state index is 12.7. The molecule has 0 amide bonds. The van der Waals surface area contributed by atoms with E-state index in [1.807, 2.05) is 31.2 Å². The quantitative estimate of drug-likeness (QED) is 0.741. The van der Waals surface area contributed by atoms with E-state index in [2.05, 4.69) is 5.32 Å². The predicted octanol–water partition coefficient (Wildman–Crippen LogP) is 3.37. The number of nitrogens with zero attached hydrogens (tertiary/aromatic N) is 1. The van der Waals surface area contributed by atoms with Crippen molar-refractivity contribution in [2.45, 2.75) is 44.9 Å². The van der Waals surface area contributed by atoms with Crippen molar-refractivity contribution in [2.24, 2.45) is 0 Å². The molecule has 1 fully saturated rings. The zero-order valence-electron chi connectivity index (χ0n) is 12.4. The second-order valence-electron chi connectivity index (χ2n) is 5.62. The van der Waals surface area contributed by atoms with Crippen molar-refractivity contribution in [3.05, 3.63) is 35.4 Å². The molecule has 0 spiro atoms. The summed E-state index contributed by atoms with van der Waals surface area (Å²) in [7, 11) is 0. The van der Waals surface area contributed by atoms with Gasteiger partial charge in [-0.3, -0.25) is 4.90 Å². The lowest BCUT2D eigenvalue weighted by Crippen LogP contribution is -2.35. The third-order valence-electron chi connectivity index (χ3n) is 3.76. The Bertz CT molecular complexity index is 441. The molecule has 0 bridgehead atoms. The molecule has 1 aromatic rings. The Balaban J connectivity index is 2.02. The summed E-state index contributed by atoms with van der Waals surface area (Å²) >= 11 is 0. The van der Waals surface area contributed by atoms with E-state index in [9.17, 15) is 13.2 Å². The summed E-state index contributed by atoms with van der Waals surface area (Å²) in [5, 5.41) is 3.26. The van der Waals surface area contributed by atoms with Crippen molar-refractivity contribution in [3.63, 3.8) is 0 Å². The molecule has 0 aliphatic heterocycles. The highest BCUT2D eigenvalue weighted by atomic mass is 19.4. The molecule has 0 heterocycles. The molecule has 0 saturated heterocycles. The van der Waals surface area contributed by atoms with Crippen molar-refractivity contribution < 1.29 is 13.2 Å². The first-order valence-corrected chi connectivity index (χ1v) is 7.58. The molecule has 2 nitrogen and oxygen atoms in total. The van der Waals surface area contributed by atoms with E-state index in [0.29, 0.717) is 6.54 Å². The average molecular weight is 300 g/mol. The van der Waals surface area contributed by atoms with Gasteiger partial charge in [-0.1, -0.05) is 31.2 Å². The van der Waals surface area contributed by atoms with Gasteiger partial charge in [-0.05, 0) is 43.5 Å². The van der Waals surface area contributed by atoms with Crippen molar-refractivity contribution in [2.75, 3.05) is 19.6 Å². The van der Waals surface area contributed by atoms with Gasteiger partial charge in [0.05, 0.1) is 6.54 Å². The molecular formula is C16H23F3N2. The number of alkyl halides is 3.